The average Bonchev–Trinajstić information content (AvgIpc) is 2.27. The molecule has 0 heterocycles. The summed E-state index contributed by atoms with van der Waals surface area (Å²) in [6, 6.07) is 7.54. The molecule has 0 atom stereocenters. The lowest BCUT2D eigenvalue weighted by molar-refractivity contribution is -0.139. The van der Waals surface area contributed by atoms with Crippen molar-refractivity contribution < 1.29 is 9.53 Å². The van der Waals surface area contributed by atoms with Crippen molar-refractivity contribution in [3.63, 3.8) is 0 Å². The Morgan fingerprint density at radius 1 is 1.62 bits per heavy atom. The Labute approximate surface area is 107 Å². The molecule has 0 saturated carbocycles. The van der Waals surface area contributed by atoms with Gasteiger partial charge in [-0.2, -0.15) is 5.26 Å². The summed E-state index contributed by atoms with van der Waals surface area (Å²) in [5.41, 5.74) is 0.553. The minimum Gasteiger partial charge on any atom is -0.465 e. The van der Waals surface area contributed by atoms with E-state index in [1.54, 1.807) is 13.0 Å². The molecule has 0 aliphatic rings. The molecule has 1 aromatic rings. The maximum atomic E-state index is 11.2. The number of carbonyl (C=O) groups is 1. The summed E-state index contributed by atoms with van der Waals surface area (Å²) in [7, 11) is 0. The van der Waals surface area contributed by atoms with Gasteiger partial charge in [-0.05, 0) is 35.0 Å². The molecular weight excluding hydrogens is 290 g/mol. The highest BCUT2D eigenvalue weighted by molar-refractivity contribution is 9.10. The molecule has 16 heavy (non-hydrogen) atoms. The average molecular weight is 300 g/mol. The van der Waals surface area contributed by atoms with Crippen LogP contribution < -0.4 is 0 Å². The number of nitriles is 1. The molecule has 84 valence electrons. The van der Waals surface area contributed by atoms with Gasteiger partial charge < -0.3 is 4.74 Å². The number of halogens is 1. The van der Waals surface area contributed by atoms with Crippen molar-refractivity contribution in [1.82, 2.24) is 0 Å². The van der Waals surface area contributed by atoms with Crippen LogP contribution in [0.4, 0.5) is 0 Å². The second-order valence-electron chi connectivity index (χ2n) is 2.82. The molecule has 0 bridgehead atoms. The van der Waals surface area contributed by atoms with Crippen LogP contribution in [0.3, 0.4) is 0 Å². The molecule has 0 N–H and O–H groups in total. The van der Waals surface area contributed by atoms with Crippen molar-refractivity contribution in [1.29, 1.82) is 5.26 Å². The van der Waals surface area contributed by atoms with E-state index >= 15 is 0 Å². The van der Waals surface area contributed by atoms with E-state index in [0.717, 1.165) is 9.37 Å². The van der Waals surface area contributed by atoms with Gasteiger partial charge in [-0.25, -0.2) is 0 Å². The summed E-state index contributed by atoms with van der Waals surface area (Å²) in [5.74, 6) is -0.0461. The van der Waals surface area contributed by atoms with Gasteiger partial charge in [0, 0.05) is 9.37 Å². The molecule has 0 saturated heterocycles. The zero-order valence-electron chi connectivity index (χ0n) is 8.70. The first-order valence-electron chi connectivity index (χ1n) is 4.66. The van der Waals surface area contributed by atoms with Crippen LogP contribution in [0.25, 0.3) is 0 Å². The third kappa shape index (κ3) is 3.54. The van der Waals surface area contributed by atoms with E-state index in [4.69, 9.17) is 10.00 Å². The summed E-state index contributed by atoms with van der Waals surface area (Å²) < 4.78 is 5.55. The Morgan fingerprint density at radius 2 is 2.38 bits per heavy atom. The normalized spacial score (nSPS) is 9.56. The molecule has 0 fully saturated rings. The van der Waals surface area contributed by atoms with Gasteiger partial charge in [-0.15, -0.1) is 11.8 Å². The number of carbonyl (C=O) groups excluding carboxylic acids is 1. The van der Waals surface area contributed by atoms with Crippen molar-refractivity contribution in [2.75, 3.05) is 12.4 Å². The number of esters is 1. The van der Waals surface area contributed by atoms with Crippen LogP contribution in [0.2, 0.25) is 0 Å². The maximum absolute atomic E-state index is 11.2. The lowest BCUT2D eigenvalue weighted by Crippen LogP contribution is -2.06. The number of hydrogen-bond donors (Lipinski definition) is 0. The van der Waals surface area contributed by atoms with Crippen LogP contribution in [0, 0.1) is 11.3 Å². The second kappa shape index (κ2) is 6.56. The number of nitrogens with zero attached hydrogens (tertiary/aromatic N) is 1. The molecule has 5 heteroatoms. The molecule has 0 aliphatic carbocycles. The number of thioether (sulfide) groups is 1. The molecule has 1 aromatic carbocycles. The third-order valence-electron chi connectivity index (χ3n) is 1.74. The van der Waals surface area contributed by atoms with Gasteiger partial charge in [0.15, 0.2) is 0 Å². The van der Waals surface area contributed by atoms with E-state index in [2.05, 4.69) is 22.0 Å². The number of benzene rings is 1. The highest BCUT2D eigenvalue weighted by Gasteiger charge is 2.09. The van der Waals surface area contributed by atoms with Crippen LogP contribution in [-0.4, -0.2) is 18.3 Å². The van der Waals surface area contributed by atoms with Gasteiger partial charge in [0.25, 0.3) is 0 Å². The van der Waals surface area contributed by atoms with Crippen molar-refractivity contribution in [2.45, 2.75) is 11.8 Å². The summed E-state index contributed by atoms with van der Waals surface area (Å²) >= 11 is 4.60. The first-order valence-corrected chi connectivity index (χ1v) is 6.44. The minimum absolute atomic E-state index is 0.221. The van der Waals surface area contributed by atoms with E-state index < -0.39 is 0 Å². The highest BCUT2D eigenvalue weighted by atomic mass is 79.9. The number of hydrogen-bond acceptors (Lipinski definition) is 4. The first kappa shape index (κ1) is 13.1. The molecule has 0 radical (unpaired) electrons. The number of ether oxygens (including phenoxy) is 1. The largest absolute Gasteiger partial charge is 0.465 e. The zero-order chi connectivity index (χ0) is 12.0. The molecule has 1 rings (SSSR count). The Hall–Kier alpha value is -0.990. The Kier molecular flexibility index (Phi) is 5.36. The fourth-order valence-corrected chi connectivity index (χ4v) is 2.49. The fraction of sp³-hybridized carbons (Fsp3) is 0.273. The summed E-state index contributed by atoms with van der Waals surface area (Å²) in [4.78, 5) is 11.9. The van der Waals surface area contributed by atoms with Crippen LogP contribution in [0.1, 0.15) is 12.5 Å². The standard InChI is InChI=1S/C11H10BrNO2S/c1-2-15-11(14)7-16-10-5-3-4-9(12)8(10)6-13/h3-5H,2,7H2,1H3. The summed E-state index contributed by atoms with van der Waals surface area (Å²) in [6.07, 6.45) is 0. The Morgan fingerprint density at radius 3 is 3.00 bits per heavy atom. The molecule has 3 nitrogen and oxygen atoms in total. The van der Waals surface area contributed by atoms with E-state index in [1.165, 1.54) is 11.8 Å². The minimum atomic E-state index is -0.267. The monoisotopic (exact) mass is 299 g/mol. The first-order chi connectivity index (χ1) is 7.69. The fourth-order valence-electron chi connectivity index (χ4n) is 1.07. The predicted molar refractivity (Wildman–Crippen MR) is 66.2 cm³/mol. The maximum Gasteiger partial charge on any atom is 0.316 e. The highest BCUT2D eigenvalue weighted by Crippen LogP contribution is 2.27. The topological polar surface area (TPSA) is 50.1 Å². The molecule has 0 unspecified atom stereocenters. The van der Waals surface area contributed by atoms with Crippen molar-refractivity contribution >= 4 is 33.7 Å². The molecule has 0 aromatic heterocycles. The van der Waals surface area contributed by atoms with Crippen LogP contribution >= 0.6 is 27.7 Å². The Balaban J connectivity index is 2.71. The molecular formula is C11H10BrNO2S. The van der Waals surface area contributed by atoms with Crippen molar-refractivity contribution in [3.8, 4) is 6.07 Å². The van der Waals surface area contributed by atoms with Crippen LogP contribution in [0.5, 0.6) is 0 Å². The quantitative estimate of drug-likeness (QED) is 0.633. The smallest absolute Gasteiger partial charge is 0.316 e. The summed E-state index contributed by atoms with van der Waals surface area (Å²) in [5, 5.41) is 8.96. The lowest BCUT2D eigenvalue weighted by Gasteiger charge is -2.04. The van der Waals surface area contributed by atoms with E-state index in [-0.39, 0.29) is 11.7 Å². The van der Waals surface area contributed by atoms with Crippen LogP contribution in [-0.2, 0) is 9.53 Å². The predicted octanol–water partition coefficient (Wildman–Crippen LogP) is 2.98. The van der Waals surface area contributed by atoms with Gasteiger partial charge in [-0.3, -0.25) is 4.79 Å². The zero-order valence-corrected chi connectivity index (χ0v) is 11.1. The van der Waals surface area contributed by atoms with Crippen molar-refractivity contribution in [2.24, 2.45) is 0 Å². The van der Waals surface area contributed by atoms with Gasteiger partial charge in [-0.1, -0.05) is 6.07 Å². The molecule has 0 aliphatic heterocycles. The lowest BCUT2D eigenvalue weighted by atomic mass is 10.2. The molecule has 0 amide bonds. The van der Waals surface area contributed by atoms with E-state index in [0.29, 0.717) is 12.2 Å². The van der Waals surface area contributed by atoms with Gasteiger partial charge in [0.1, 0.15) is 6.07 Å². The van der Waals surface area contributed by atoms with Gasteiger partial charge in [0.05, 0.1) is 17.9 Å². The molecule has 0 spiro atoms. The van der Waals surface area contributed by atoms with Crippen LogP contribution in [0.15, 0.2) is 27.6 Å². The van der Waals surface area contributed by atoms with E-state index in [1.807, 2.05) is 12.1 Å². The SMILES string of the molecule is CCOC(=O)CSc1cccc(Br)c1C#N. The van der Waals surface area contributed by atoms with Gasteiger partial charge >= 0.3 is 5.97 Å². The second-order valence-corrected chi connectivity index (χ2v) is 4.69. The van der Waals surface area contributed by atoms with Gasteiger partial charge in [0.2, 0.25) is 0 Å². The Bertz CT molecular complexity index is 428. The van der Waals surface area contributed by atoms with E-state index in [9.17, 15) is 4.79 Å². The van der Waals surface area contributed by atoms with Crippen molar-refractivity contribution in [3.05, 3.63) is 28.2 Å². The third-order valence-corrected chi connectivity index (χ3v) is 3.43. The summed E-state index contributed by atoms with van der Waals surface area (Å²) in [6.45, 7) is 2.14. The number of rotatable bonds is 4.